The van der Waals surface area contributed by atoms with Crippen molar-refractivity contribution in [2.45, 2.75) is 6.61 Å². The van der Waals surface area contributed by atoms with Crippen LogP contribution < -0.4 is 9.47 Å². The molecule has 0 bridgehead atoms. The largest absolute Gasteiger partial charge is 0.493 e. The Labute approximate surface area is 146 Å². The Morgan fingerprint density at radius 1 is 1.17 bits per heavy atom. The summed E-state index contributed by atoms with van der Waals surface area (Å²) in [6, 6.07) is 14.6. The molecule has 24 heavy (non-hydrogen) atoms. The average molecular weight is 386 g/mol. The summed E-state index contributed by atoms with van der Waals surface area (Å²) in [5, 5.41) is 12.8. The van der Waals surface area contributed by atoms with E-state index in [0.29, 0.717) is 28.8 Å². The molecule has 120 valence electrons. The molecule has 3 rings (SSSR count). The second kappa shape index (κ2) is 7.15. The maximum Gasteiger partial charge on any atom is 0.264 e. The molecule has 0 saturated heterocycles. The molecule has 0 unspecified atom stereocenters. The summed E-state index contributed by atoms with van der Waals surface area (Å²) in [7, 11) is 1.52. The molecule has 0 amide bonds. The Bertz CT molecular complexity index is 885. The highest BCUT2D eigenvalue weighted by Crippen LogP contribution is 2.28. The van der Waals surface area contributed by atoms with Gasteiger partial charge in [0.15, 0.2) is 18.1 Å². The number of aromatic nitrogens is 2. The van der Waals surface area contributed by atoms with Crippen molar-refractivity contribution < 1.29 is 14.0 Å². The van der Waals surface area contributed by atoms with E-state index in [9.17, 15) is 0 Å². The molecule has 0 radical (unpaired) electrons. The Morgan fingerprint density at radius 2 is 1.96 bits per heavy atom. The second-order valence-electron chi connectivity index (χ2n) is 4.78. The van der Waals surface area contributed by atoms with E-state index in [1.165, 1.54) is 7.11 Å². The molecule has 2 aromatic carbocycles. The zero-order chi connectivity index (χ0) is 16.9. The minimum atomic E-state index is 0.103. The molecular weight excluding hydrogens is 374 g/mol. The summed E-state index contributed by atoms with van der Waals surface area (Å²) < 4.78 is 17.0. The van der Waals surface area contributed by atoms with Crippen molar-refractivity contribution in [2.75, 3.05) is 7.11 Å². The van der Waals surface area contributed by atoms with Crippen molar-refractivity contribution in [1.29, 1.82) is 5.26 Å². The lowest BCUT2D eigenvalue weighted by molar-refractivity contribution is 0.233. The first-order valence-corrected chi connectivity index (χ1v) is 7.78. The summed E-state index contributed by atoms with van der Waals surface area (Å²) in [5.41, 5.74) is 1.35. The van der Waals surface area contributed by atoms with Crippen LogP contribution in [-0.4, -0.2) is 17.3 Å². The predicted molar refractivity (Wildman–Crippen MR) is 89.5 cm³/mol. The van der Waals surface area contributed by atoms with E-state index in [0.717, 1.165) is 10.0 Å². The third-order valence-corrected chi connectivity index (χ3v) is 3.74. The fourth-order valence-corrected chi connectivity index (χ4v) is 2.29. The first-order chi connectivity index (χ1) is 11.7. The van der Waals surface area contributed by atoms with Crippen LogP contribution in [0.15, 0.2) is 51.5 Å². The topological polar surface area (TPSA) is 81.2 Å². The third-order valence-electron chi connectivity index (χ3n) is 3.21. The SMILES string of the molecule is COc1cc(C#N)ccc1OCc1nc(-c2ccc(Br)cc2)no1. The van der Waals surface area contributed by atoms with E-state index < -0.39 is 0 Å². The van der Waals surface area contributed by atoms with Gasteiger partial charge in [-0.1, -0.05) is 21.1 Å². The maximum atomic E-state index is 8.90. The summed E-state index contributed by atoms with van der Waals surface area (Å²) in [5.74, 6) is 1.81. The van der Waals surface area contributed by atoms with Gasteiger partial charge in [0.1, 0.15) is 0 Å². The van der Waals surface area contributed by atoms with Gasteiger partial charge in [-0.15, -0.1) is 0 Å². The first kappa shape index (κ1) is 16.0. The zero-order valence-corrected chi connectivity index (χ0v) is 14.3. The molecule has 1 aromatic heterocycles. The van der Waals surface area contributed by atoms with E-state index in [-0.39, 0.29) is 6.61 Å². The first-order valence-electron chi connectivity index (χ1n) is 6.99. The number of nitriles is 1. The van der Waals surface area contributed by atoms with Gasteiger partial charge in [0.05, 0.1) is 18.7 Å². The van der Waals surface area contributed by atoms with Gasteiger partial charge in [-0.3, -0.25) is 0 Å². The van der Waals surface area contributed by atoms with Crippen molar-refractivity contribution in [1.82, 2.24) is 10.1 Å². The van der Waals surface area contributed by atoms with E-state index in [2.05, 4.69) is 26.1 Å². The van der Waals surface area contributed by atoms with Crippen molar-refractivity contribution in [3.05, 3.63) is 58.4 Å². The van der Waals surface area contributed by atoms with Gasteiger partial charge in [-0.2, -0.15) is 10.2 Å². The number of methoxy groups -OCH3 is 1. The monoisotopic (exact) mass is 385 g/mol. The molecule has 1 heterocycles. The van der Waals surface area contributed by atoms with Crippen LogP contribution in [0, 0.1) is 11.3 Å². The number of ether oxygens (including phenoxy) is 2. The number of nitrogens with zero attached hydrogens (tertiary/aromatic N) is 3. The normalized spacial score (nSPS) is 10.2. The standard InChI is InChI=1S/C17H12BrN3O3/c1-22-15-8-11(9-19)2-7-14(15)23-10-16-20-17(21-24-16)12-3-5-13(18)6-4-12/h2-8H,10H2,1H3. The molecule has 0 atom stereocenters. The van der Waals surface area contributed by atoms with E-state index in [1.54, 1.807) is 18.2 Å². The van der Waals surface area contributed by atoms with Gasteiger partial charge >= 0.3 is 0 Å². The summed E-state index contributed by atoms with van der Waals surface area (Å²) in [4.78, 5) is 4.30. The quantitative estimate of drug-likeness (QED) is 0.660. The lowest BCUT2D eigenvalue weighted by atomic mass is 10.2. The Kier molecular flexibility index (Phi) is 4.77. The molecule has 0 aliphatic heterocycles. The van der Waals surface area contributed by atoms with Crippen LogP contribution in [0.5, 0.6) is 11.5 Å². The number of benzene rings is 2. The molecular formula is C17H12BrN3O3. The van der Waals surface area contributed by atoms with Crippen molar-refractivity contribution >= 4 is 15.9 Å². The van der Waals surface area contributed by atoms with Gasteiger partial charge in [0.2, 0.25) is 5.82 Å². The smallest absolute Gasteiger partial charge is 0.264 e. The van der Waals surface area contributed by atoms with Gasteiger partial charge in [0, 0.05) is 16.1 Å². The van der Waals surface area contributed by atoms with Crippen molar-refractivity contribution in [3.8, 4) is 29.0 Å². The van der Waals surface area contributed by atoms with E-state index >= 15 is 0 Å². The minimum Gasteiger partial charge on any atom is -0.493 e. The Hall–Kier alpha value is -2.85. The minimum absolute atomic E-state index is 0.103. The van der Waals surface area contributed by atoms with Gasteiger partial charge in [-0.05, 0) is 36.4 Å². The molecule has 0 saturated carbocycles. The van der Waals surface area contributed by atoms with Crippen LogP contribution in [0.2, 0.25) is 0 Å². The Balaban J connectivity index is 1.72. The molecule has 0 aliphatic carbocycles. The number of halogens is 1. The molecule has 6 nitrogen and oxygen atoms in total. The summed E-state index contributed by atoms with van der Waals surface area (Å²) in [6.45, 7) is 0.103. The molecule has 0 aliphatic rings. The molecule has 0 fully saturated rings. The number of hydrogen-bond donors (Lipinski definition) is 0. The van der Waals surface area contributed by atoms with Crippen molar-refractivity contribution in [2.24, 2.45) is 0 Å². The number of rotatable bonds is 5. The van der Waals surface area contributed by atoms with E-state index in [4.69, 9.17) is 19.3 Å². The third kappa shape index (κ3) is 3.55. The molecule has 3 aromatic rings. The van der Waals surface area contributed by atoms with Crippen LogP contribution in [0.3, 0.4) is 0 Å². The highest BCUT2D eigenvalue weighted by molar-refractivity contribution is 9.10. The maximum absolute atomic E-state index is 8.90. The average Bonchev–Trinajstić information content (AvgIpc) is 3.09. The fraction of sp³-hybridized carbons (Fsp3) is 0.118. The van der Waals surface area contributed by atoms with Gasteiger partial charge in [-0.25, -0.2) is 0 Å². The molecule has 0 N–H and O–H groups in total. The number of hydrogen-bond acceptors (Lipinski definition) is 6. The molecule has 0 spiro atoms. The predicted octanol–water partition coefficient (Wildman–Crippen LogP) is 3.96. The van der Waals surface area contributed by atoms with E-state index in [1.807, 2.05) is 30.3 Å². The summed E-state index contributed by atoms with van der Waals surface area (Å²) in [6.07, 6.45) is 0. The second-order valence-corrected chi connectivity index (χ2v) is 5.70. The zero-order valence-electron chi connectivity index (χ0n) is 12.7. The lowest BCUT2D eigenvalue weighted by Gasteiger charge is -2.08. The van der Waals surface area contributed by atoms with Crippen LogP contribution in [-0.2, 0) is 6.61 Å². The highest BCUT2D eigenvalue weighted by Gasteiger charge is 2.11. The van der Waals surface area contributed by atoms with Crippen LogP contribution in [0.4, 0.5) is 0 Å². The van der Waals surface area contributed by atoms with Crippen molar-refractivity contribution in [3.63, 3.8) is 0 Å². The lowest BCUT2D eigenvalue weighted by Crippen LogP contribution is -1.98. The fourth-order valence-electron chi connectivity index (χ4n) is 2.03. The van der Waals surface area contributed by atoms with Crippen LogP contribution in [0.1, 0.15) is 11.5 Å². The van der Waals surface area contributed by atoms with Crippen LogP contribution >= 0.6 is 15.9 Å². The highest BCUT2D eigenvalue weighted by atomic mass is 79.9. The van der Waals surface area contributed by atoms with Gasteiger partial charge < -0.3 is 14.0 Å². The molecule has 7 heteroatoms. The van der Waals surface area contributed by atoms with Crippen LogP contribution in [0.25, 0.3) is 11.4 Å². The van der Waals surface area contributed by atoms with Gasteiger partial charge in [0.25, 0.3) is 5.89 Å². The summed E-state index contributed by atoms with van der Waals surface area (Å²) >= 11 is 3.38. The Morgan fingerprint density at radius 3 is 2.67 bits per heavy atom.